The van der Waals surface area contributed by atoms with Crippen LogP contribution in [0.1, 0.15) is 6.92 Å². The van der Waals surface area contributed by atoms with Crippen LogP contribution >= 0.6 is 15.8 Å². The number of hydrogen-bond donors (Lipinski definition) is 0. The summed E-state index contributed by atoms with van der Waals surface area (Å²) in [4.78, 5) is 0. The molecule has 49 heavy (non-hydrogen) atoms. The lowest BCUT2D eigenvalue weighted by Gasteiger charge is -2.28. The van der Waals surface area contributed by atoms with Crippen molar-refractivity contribution in [2.45, 2.75) is 6.92 Å². The Morgan fingerprint density at radius 3 is 0.918 bits per heavy atom. The van der Waals surface area contributed by atoms with Gasteiger partial charge >= 0.3 is 0 Å². The van der Waals surface area contributed by atoms with Gasteiger partial charge in [-0.2, -0.15) is 5.26 Å². The van der Waals surface area contributed by atoms with Crippen molar-refractivity contribution in [2.24, 2.45) is 0 Å². The molecule has 0 aliphatic carbocycles. The van der Waals surface area contributed by atoms with Crippen molar-refractivity contribution in [3.8, 4) is 17.2 Å². The Morgan fingerprint density at radius 2 is 0.612 bits per heavy atom. The Kier molecular flexibility index (Phi) is 10.0. The molecule has 0 aliphatic rings. The minimum absolute atomic E-state index is 0.852. The first-order valence-electron chi connectivity index (χ1n) is 16.4. The standard InChI is InChI=1S/C44H32P2.C2H3N/c1-5-19-35(20-6-1)45(36-21-7-2-8-22-36)41-31-29-33-17-13-15-27-39(33)43(41)44-40-28-16-14-18-34(40)30-32-42(44)46(37-23-9-3-10-24-37)38-25-11-4-12-26-38;1-2-3/h1-32H;1H3. The third-order valence-corrected chi connectivity index (χ3v) is 13.6. The quantitative estimate of drug-likeness (QED) is 0.156. The Morgan fingerprint density at radius 1 is 0.347 bits per heavy atom. The first-order chi connectivity index (χ1) is 24.3. The van der Waals surface area contributed by atoms with Crippen molar-refractivity contribution >= 4 is 69.2 Å². The fraction of sp³-hybridized carbons (Fsp3) is 0.0217. The molecule has 0 N–H and O–H groups in total. The van der Waals surface area contributed by atoms with Gasteiger partial charge in [0.1, 0.15) is 0 Å². The Hall–Kier alpha value is -5.37. The topological polar surface area (TPSA) is 23.8 Å². The zero-order valence-corrected chi connectivity index (χ0v) is 29.1. The van der Waals surface area contributed by atoms with Crippen LogP contribution in [0.3, 0.4) is 0 Å². The van der Waals surface area contributed by atoms with E-state index in [0.29, 0.717) is 0 Å². The molecule has 0 fully saturated rings. The first kappa shape index (κ1) is 32.2. The van der Waals surface area contributed by atoms with E-state index in [4.69, 9.17) is 5.26 Å². The summed E-state index contributed by atoms with van der Waals surface area (Å²) in [6.07, 6.45) is 0. The van der Waals surface area contributed by atoms with Crippen LogP contribution in [0.5, 0.6) is 0 Å². The van der Waals surface area contributed by atoms with E-state index in [0.717, 1.165) is 0 Å². The molecular weight excluding hydrogens is 628 g/mol. The maximum Gasteiger partial charge on any atom is 0.0587 e. The fourth-order valence-electron chi connectivity index (χ4n) is 6.58. The van der Waals surface area contributed by atoms with Gasteiger partial charge in [-0.1, -0.05) is 194 Å². The van der Waals surface area contributed by atoms with Crippen LogP contribution in [0, 0.1) is 11.3 Å². The predicted molar refractivity (Wildman–Crippen MR) is 216 cm³/mol. The molecule has 0 spiro atoms. The molecule has 3 heteroatoms. The highest BCUT2D eigenvalue weighted by Crippen LogP contribution is 2.45. The van der Waals surface area contributed by atoms with Gasteiger partial charge in [0.2, 0.25) is 0 Å². The van der Waals surface area contributed by atoms with Crippen molar-refractivity contribution in [2.75, 3.05) is 0 Å². The second-order valence-corrected chi connectivity index (χ2v) is 16.0. The lowest BCUT2D eigenvalue weighted by molar-refractivity contribution is 1.49. The highest BCUT2D eigenvalue weighted by atomic mass is 31.1. The SMILES string of the molecule is CC#N.c1ccc(P(c2ccccc2)c2ccc3ccccc3c2-c2c(P(c3ccccc3)c3ccccc3)ccc3ccccc23)cc1. The van der Waals surface area contributed by atoms with E-state index >= 15 is 0 Å². The molecule has 0 saturated heterocycles. The first-order valence-corrected chi connectivity index (χ1v) is 19.1. The van der Waals surface area contributed by atoms with E-state index in [2.05, 4.69) is 194 Å². The minimum atomic E-state index is -0.852. The summed E-state index contributed by atoms with van der Waals surface area (Å²) < 4.78 is 0. The van der Waals surface area contributed by atoms with E-state index in [1.165, 1.54) is 71.4 Å². The van der Waals surface area contributed by atoms with Crippen molar-refractivity contribution < 1.29 is 0 Å². The van der Waals surface area contributed by atoms with Crippen LogP contribution in [0.4, 0.5) is 0 Å². The Balaban J connectivity index is 0.00000122. The van der Waals surface area contributed by atoms with Gasteiger partial charge in [-0.25, -0.2) is 0 Å². The summed E-state index contributed by atoms with van der Waals surface area (Å²) in [6, 6.07) is 73.6. The average molecular weight is 664 g/mol. The molecule has 0 heterocycles. The normalized spacial score (nSPS) is 10.9. The van der Waals surface area contributed by atoms with E-state index in [1.807, 2.05) is 0 Å². The third-order valence-electron chi connectivity index (χ3n) is 8.60. The van der Waals surface area contributed by atoms with Crippen LogP contribution in [0.25, 0.3) is 32.7 Å². The van der Waals surface area contributed by atoms with Gasteiger partial charge in [-0.15, -0.1) is 0 Å². The van der Waals surface area contributed by atoms with Gasteiger partial charge in [0.05, 0.1) is 6.07 Å². The van der Waals surface area contributed by atoms with E-state index in [9.17, 15) is 0 Å². The van der Waals surface area contributed by atoms with Crippen LogP contribution in [-0.2, 0) is 0 Å². The molecule has 8 aromatic rings. The predicted octanol–water partition coefficient (Wildman–Crippen LogP) is 9.71. The van der Waals surface area contributed by atoms with Crippen molar-refractivity contribution in [1.82, 2.24) is 0 Å². The molecule has 8 rings (SSSR count). The largest absolute Gasteiger partial charge is 0.199 e. The zero-order chi connectivity index (χ0) is 33.4. The monoisotopic (exact) mass is 663 g/mol. The van der Waals surface area contributed by atoms with Gasteiger partial charge in [0, 0.05) is 6.92 Å². The molecule has 234 valence electrons. The lowest BCUT2D eigenvalue weighted by atomic mass is 9.93. The highest BCUT2D eigenvalue weighted by molar-refractivity contribution is 7.80. The molecule has 0 aromatic heterocycles. The van der Waals surface area contributed by atoms with Gasteiger partial charge in [0.25, 0.3) is 0 Å². The summed E-state index contributed by atoms with van der Waals surface area (Å²) in [5.74, 6) is 0. The molecule has 0 saturated carbocycles. The van der Waals surface area contributed by atoms with Gasteiger partial charge < -0.3 is 0 Å². The maximum absolute atomic E-state index is 7.32. The average Bonchev–Trinajstić information content (AvgIpc) is 3.17. The number of rotatable bonds is 7. The van der Waals surface area contributed by atoms with Crippen LogP contribution in [0.15, 0.2) is 194 Å². The van der Waals surface area contributed by atoms with Crippen molar-refractivity contribution in [3.05, 3.63) is 194 Å². The number of fused-ring (bicyclic) bond motifs is 2. The molecule has 8 aromatic carbocycles. The molecular formula is C46H35NP2. The zero-order valence-electron chi connectivity index (χ0n) is 27.3. The van der Waals surface area contributed by atoms with Crippen LogP contribution < -0.4 is 31.8 Å². The lowest BCUT2D eigenvalue weighted by Crippen LogP contribution is -2.26. The van der Waals surface area contributed by atoms with E-state index < -0.39 is 15.8 Å². The maximum atomic E-state index is 7.32. The highest BCUT2D eigenvalue weighted by Gasteiger charge is 2.27. The molecule has 0 unspecified atom stereocenters. The summed E-state index contributed by atoms with van der Waals surface area (Å²) in [6.45, 7) is 1.43. The van der Waals surface area contributed by atoms with E-state index in [1.54, 1.807) is 6.07 Å². The number of nitrogens with zero attached hydrogens (tertiary/aromatic N) is 1. The third kappa shape index (κ3) is 6.68. The molecule has 1 nitrogen and oxygen atoms in total. The second-order valence-electron chi connectivity index (χ2n) is 11.6. The van der Waals surface area contributed by atoms with Gasteiger partial charge in [-0.05, 0) is 80.3 Å². The Bertz CT molecular complexity index is 2110. The van der Waals surface area contributed by atoms with Crippen molar-refractivity contribution in [1.29, 1.82) is 5.26 Å². The molecule has 0 bridgehead atoms. The summed E-state index contributed by atoms with van der Waals surface area (Å²) in [7, 11) is -1.70. The smallest absolute Gasteiger partial charge is 0.0587 e. The fourth-order valence-corrected chi connectivity index (χ4v) is 11.5. The van der Waals surface area contributed by atoms with Gasteiger partial charge in [-0.3, -0.25) is 0 Å². The second kappa shape index (κ2) is 15.2. The molecule has 0 amide bonds. The van der Waals surface area contributed by atoms with E-state index in [-0.39, 0.29) is 0 Å². The molecule has 0 radical (unpaired) electrons. The van der Waals surface area contributed by atoms with Gasteiger partial charge in [0.15, 0.2) is 0 Å². The number of benzene rings is 8. The van der Waals surface area contributed by atoms with Crippen LogP contribution in [-0.4, -0.2) is 0 Å². The summed E-state index contributed by atoms with van der Waals surface area (Å²) >= 11 is 0. The molecule has 0 atom stereocenters. The molecule has 0 aliphatic heterocycles. The Labute approximate surface area is 291 Å². The summed E-state index contributed by atoms with van der Waals surface area (Å²) in [5, 5.41) is 20.7. The minimum Gasteiger partial charge on any atom is -0.199 e. The number of nitriles is 1. The van der Waals surface area contributed by atoms with Crippen molar-refractivity contribution in [3.63, 3.8) is 0 Å². The number of hydrogen-bond acceptors (Lipinski definition) is 1. The van der Waals surface area contributed by atoms with Crippen LogP contribution in [0.2, 0.25) is 0 Å². The summed E-state index contributed by atoms with van der Waals surface area (Å²) in [5.41, 5.74) is 2.70.